The van der Waals surface area contributed by atoms with Crippen LogP contribution in [0.5, 0.6) is 0 Å². The Morgan fingerprint density at radius 3 is 1.95 bits per heavy atom. The third-order valence-electron chi connectivity index (χ3n) is 3.92. The van der Waals surface area contributed by atoms with Crippen molar-refractivity contribution in [3.8, 4) is 11.1 Å². The zero-order chi connectivity index (χ0) is 15.1. The molecule has 0 amide bonds. The first-order valence-electron chi connectivity index (χ1n) is 7.06. The molecule has 0 unspecified atom stereocenters. The molecular formula is C20H11O2. The molecule has 1 aliphatic carbocycles. The van der Waals surface area contributed by atoms with Crippen molar-refractivity contribution in [2.24, 2.45) is 0 Å². The molecule has 0 spiro atoms. The number of hydrogen-bond donors (Lipinski definition) is 0. The van der Waals surface area contributed by atoms with Crippen molar-refractivity contribution in [1.29, 1.82) is 0 Å². The highest BCUT2D eigenvalue weighted by atomic mass is 16.1. The Kier molecular flexibility index (Phi) is 2.76. The Balaban J connectivity index is 1.91. The maximum Gasteiger partial charge on any atom is 0.195 e. The molecule has 0 saturated heterocycles. The molecule has 0 bridgehead atoms. The van der Waals surface area contributed by atoms with Crippen LogP contribution in [0, 0.1) is 6.07 Å². The van der Waals surface area contributed by atoms with Gasteiger partial charge in [-0.05, 0) is 17.2 Å². The molecule has 3 aromatic carbocycles. The van der Waals surface area contributed by atoms with E-state index in [0.717, 1.165) is 11.1 Å². The SMILES string of the molecule is O=C1c2[c]c(-c3ccccc3)ccc2C(=O)c2ccccc21. The first-order valence-corrected chi connectivity index (χ1v) is 7.06. The van der Waals surface area contributed by atoms with Gasteiger partial charge in [-0.15, -0.1) is 0 Å². The summed E-state index contributed by atoms with van der Waals surface area (Å²) in [6.07, 6.45) is 0. The Labute approximate surface area is 128 Å². The fourth-order valence-corrected chi connectivity index (χ4v) is 2.81. The van der Waals surface area contributed by atoms with Gasteiger partial charge in [0.15, 0.2) is 11.6 Å². The second-order valence-corrected chi connectivity index (χ2v) is 5.23. The minimum Gasteiger partial charge on any atom is -0.289 e. The van der Waals surface area contributed by atoms with Gasteiger partial charge in [-0.3, -0.25) is 9.59 Å². The van der Waals surface area contributed by atoms with Crippen LogP contribution < -0.4 is 0 Å². The summed E-state index contributed by atoms with van der Waals surface area (Å²) in [6, 6.07) is 23.4. The number of hydrogen-bond acceptors (Lipinski definition) is 2. The van der Waals surface area contributed by atoms with Crippen LogP contribution in [-0.2, 0) is 0 Å². The smallest absolute Gasteiger partial charge is 0.195 e. The first kappa shape index (κ1) is 12.7. The predicted molar refractivity (Wildman–Crippen MR) is 84.0 cm³/mol. The Morgan fingerprint density at radius 2 is 1.23 bits per heavy atom. The molecule has 0 heterocycles. The van der Waals surface area contributed by atoms with Gasteiger partial charge >= 0.3 is 0 Å². The van der Waals surface area contributed by atoms with Crippen LogP contribution in [0.2, 0.25) is 0 Å². The average Bonchev–Trinajstić information content (AvgIpc) is 2.60. The topological polar surface area (TPSA) is 34.1 Å². The van der Waals surface area contributed by atoms with Crippen molar-refractivity contribution >= 4 is 11.6 Å². The van der Waals surface area contributed by atoms with Crippen molar-refractivity contribution in [1.82, 2.24) is 0 Å². The third-order valence-corrected chi connectivity index (χ3v) is 3.92. The number of fused-ring (bicyclic) bond motifs is 2. The Hall–Kier alpha value is -3.00. The third kappa shape index (κ3) is 1.81. The lowest BCUT2D eigenvalue weighted by atomic mass is 9.83. The standard InChI is InChI=1S/C20H11O2/c21-19-15-8-4-5-9-16(15)20(22)18-12-14(10-11-17(18)19)13-6-2-1-3-7-13/h1-11H. The van der Waals surface area contributed by atoms with Crippen LogP contribution in [0.1, 0.15) is 31.8 Å². The van der Waals surface area contributed by atoms with Gasteiger partial charge in [-0.2, -0.15) is 0 Å². The maximum atomic E-state index is 12.7. The molecule has 3 aromatic rings. The van der Waals surface area contributed by atoms with Crippen LogP contribution in [-0.4, -0.2) is 11.6 Å². The molecular weight excluding hydrogens is 272 g/mol. The van der Waals surface area contributed by atoms with Crippen LogP contribution in [0.3, 0.4) is 0 Å². The summed E-state index contributed by atoms with van der Waals surface area (Å²) < 4.78 is 0. The molecule has 0 aliphatic heterocycles. The summed E-state index contributed by atoms with van der Waals surface area (Å²) in [4.78, 5) is 25.2. The summed E-state index contributed by atoms with van der Waals surface area (Å²) in [7, 11) is 0. The summed E-state index contributed by atoms with van der Waals surface area (Å²) in [5.74, 6) is -0.246. The molecule has 4 rings (SSSR count). The number of carbonyl (C=O) groups is 2. The van der Waals surface area contributed by atoms with Crippen molar-refractivity contribution in [2.75, 3.05) is 0 Å². The minimum atomic E-state index is -0.136. The zero-order valence-corrected chi connectivity index (χ0v) is 11.7. The molecule has 0 fully saturated rings. The van der Waals surface area contributed by atoms with Crippen molar-refractivity contribution in [3.05, 3.63) is 95.1 Å². The number of rotatable bonds is 1. The quantitative estimate of drug-likeness (QED) is 0.530. The van der Waals surface area contributed by atoms with E-state index in [1.807, 2.05) is 36.4 Å². The number of carbonyl (C=O) groups excluding carboxylic acids is 2. The van der Waals surface area contributed by atoms with E-state index in [0.29, 0.717) is 22.3 Å². The molecule has 2 heteroatoms. The van der Waals surface area contributed by atoms with Crippen molar-refractivity contribution in [3.63, 3.8) is 0 Å². The predicted octanol–water partition coefficient (Wildman–Crippen LogP) is 3.93. The maximum absolute atomic E-state index is 12.7. The summed E-state index contributed by atoms with van der Waals surface area (Å²) in [5, 5.41) is 0. The van der Waals surface area contributed by atoms with E-state index in [9.17, 15) is 9.59 Å². The number of benzene rings is 3. The Bertz CT molecular complexity index is 908. The van der Waals surface area contributed by atoms with Gasteiger partial charge in [0.1, 0.15) is 0 Å². The van der Waals surface area contributed by atoms with E-state index in [1.165, 1.54) is 0 Å². The van der Waals surface area contributed by atoms with Crippen LogP contribution in [0.4, 0.5) is 0 Å². The summed E-state index contributed by atoms with van der Waals surface area (Å²) in [6.45, 7) is 0. The van der Waals surface area contributed by atoms with E-state index in [1.54, 1.807) is 30.3 Å². The molecule has 0 aromatic heterocycles. The molecule has 0 saturated carbocycles. The second-order valence-electron chi connectivity index (χ2n) is 5.23. The fraction of sp³-hybridized carbons (Fsp3) is 0. The lowest BCUT2D eigenvalue weighted by Gasteiger charge is -2.17. The lowest BCUT2D eigenvalue weighted by Crippen LogP contribution is -2.20. The number of ketones is 2. The van der Waals surface area contributed by atoms with Crippen molar-refractivity contribution in [2.45, 2.75) is 0 Å². The Morgan fingerprint density at radius 1 is 0.591 bits per heavy atom. The van der Waals surface area contributed by atoms with Gasteiger partial charge in [0.2, 0.25) is 0 Å². The fourth-order valence-electron chi connectivity index (χ4n) is 2.81. The molecule has 103 valence electrons. The van der Waals surface area contributed by atoms with E-state index < -0.39 is 0 Å². The van der Waals surface area contributed by atoms with Crippen LogP contribution in [0.15, 0.2) is 66.7 Å². The van der Waals surface area contributed by atoms with Crippen LogP contribution in [0.25, 0.3) is 11.1 Å². The second kappa shape index (κ2) is 4.78. The van der Waals surface area contributed by atoms with E-state index >= 15 is 0 Å². The molecule has 2 nitrogen and oxygen atoms in total. The lowest BCUT2D eigenvalue weighted by molar-refractivity contribution is 0.0979. The van der Waals surface area contributed by atoms with Gasteiger partial charge in [0.05, 0.1) is 0 Å². The van der Waals surface area contributed by atoms with E-state index in [4.69, 9.17) is 0 Å². The first-order chi connectivity index (χ1) is 10.8. The molecule has 22 heavy (non-hydrogen) atoms. The van der Waals surface area contributed by atoms with Gasteiger partial charge < -0.3 is 0 Å². The molecule has 1 aliphatic rings. The zero-order valence-electron chi connectivity index (χ0n) is 11.7. The highest BCUT2D eigenvalue weighted by Gasteiger charge is 2.29. The molecule has 1 radical (unpaired) electrons. The van der Waals surface area contributed by atoms with Gasteiger partial charge in [0, 0.05) is 28.3 Å². The van der Waals surface area contributed by atoms with Gasteiger partial charge in [0.25, 0.3) is 0 Å². The summed E-state index contributed by atoms with van der Waals surface area (Å²) >= 11 is 0. The van der Waals surface area contributed by atoms with Gasteiger partial charge in [-0.25, -0.2) is 0 Å². The van der Waals surface area contributed by atoms with Crippen LogP contribution >= 0.6 is 0 Å². The molecule has 0 N–H and O–H groups in total. The highest BCUT2D eigenvalue weighted by Crippen LogP contribution is 2.30. The highest BCUT2D eigenvalue weighted by molar-refractivity contribution is 6.28. The summed E-state index contributed by atoms with van der Waals surface area (Å²) in [5.41, 5.74) is 3.53. The normalized spacial score (nSPS) is 12.7. The van der Waals surface area contributed by atoms with E-state index in [-0.39, 0.29) is 11.6 Å². The average molecular weight is 283 g/mol. The van der Waals surface area contributed by atoms with Gasteiger partial charge in [-0.1, -0.05) is 60.7 Å². The van der Waals surface area contributed by atoms with Crippen molar-refractivity contribution < 1.29 is 9.59 Å². The van der Waals surface area contributed by atoms with E-state index in [2.05, 4.69) is 6.07 Å². The minimum absolute atomic E-state index is 0.110. The molecule has 0 atom stereocenters. The largest absolute Gasteiger partial charge is 0.289 e. The monoisotopic (exact) mass is 283 g/mol.